The van der Waals surface area contributed by atoms with Crippen LogP contribution >= 0.6 is 0 Å². The maximum atomic E-state index is 12.6. The van der Waals surface area contributed by atoms with Crippen molar-refractivity contribution in [3.05, 3.63) is 23.8 Å². The van der Waals surface area contributed by atoms with Crippen molar-refractivity contribution in [2.24, 2.45) is 0 Å². The van der Waals surface area contributed by atoms with Crippen LogP contribution < -0.4 is 14.8 Å². The fourth-order valence-corrected chi connectivity index (χ4v) is 3.28. The van der Waals surface area contributed by atoms with Crippen molar-refractivity contribution in [2.45, 2.75) is 11.3 Å². The average Bonchev–Trinajstić information content (AvgIpc) is 2.82. The first-order valence-corrected chi connectivity index (χ1v) is 8.59. The molecule has 2 N–H and O–H groups in total. The fourth-order valence-electron chi connectivity index (χ4n) is 2.36. The summed E-state index contributed by atoms with van der Waals surface area (Å²) in [5, 5.41) is 3.23. The third-order valence-electron chi connectivity index (χ3n) is 3.60. The first-order valence-electron chi connectivity index (χ1n) is 7.11. The second-order valence-corrected chi connectivity index (χ2v) is 6.82. The Kier molecular flexibility index (Phi) is 5.38. The van der Waals surface area contributed by atoms with Gasteiger partial charge in [0.15, 0.2) is 0 Å². The third-order valence-corrected chi connectivity index (χ3v) is 5.03. The van der Waals surface area contributed by atoms with Crippen molar-refractivity contribution in [2.75, 3.05) is 40.3 Å². The summed E-state index contributed by atoms with van der Waals surface area (Å²) < 4.78 is 31.4. The van der Waals surface area contributed by atoms with Gasteiger partial charge in [0.05, 0.1) is 7.11 Å². The molecule has 0 aromatic heterocycles. The van der Waals surface area contributed by atoms with E-state index in [2.05, 4.69) is 10.0 Å². The van der Waals surface area contributed by atoms with Crippen molar-refractivity contribution < 1.29 is 17.9 Å². The van der Waals surface area contributed by atoms with Gasteiger partial charge in [0.2, 0.25) is 10.0 Å². The van der Waals surface area contributed by atoms with Crippen LogP contribution in [-0.2, 0) is 10.0 Å². The van der Waals surface area contributed by atoms with E-state index >= 15 is 0 Å². The Bertz CT molecular complexity index is 637. The maximum Gasteiger partial charge on any atom is 0.253 e. The lowest BCUT2D eigenvalue weighted by Gasteiger charge is -2.20. The largest absolute Gasteiger partial charge is 0.495 e. The number of carbonyl (C=O) groups is 1. The van der Waals surface area contributed by atoms with Gasteiger partial charge < -0.3 is 15.0 Å². The molecule has 8 heteroatoms. The number of methoxy groups -OCH3 is 1. The van der Waals surface area contributed by atoms with E-state index in [9.17, 15) is 13.2 Å². The molecule has 0 bridgehead atoms. The zero-order valence-corrected chi connectivity index (χ0v) is 13.6. The Morgan fingerprint density at radius 1 is 1.32 bits per heavy atom. The number of nitrogens with one attached hydrogen (secondary N) is 2. The molecule has 122 valence electrons. The van der Waals surface area contributed by atoms with Gasteiger partial charge in [-0.05, 0) is 38.2 Å². The van der Waals surface area contributed by atoms with Crippen molar-refractivity contribution in [1.82, 2.24) is 14.9 Å². The zero-order valence-electron chi connectivity index (χ0n) is 12.8. The van der Waals surface area contributed by atoms with Gasteiger partial charge in [-0.15, -0.1) is 0 Å². The predicted octanol–water partition coefficient (Wildman–Crippen LogP) is 0.0388. The number of nitrogens with zero attached hydrogens (tertiary/aromatic N) is 1. The zero-order chi connectivity index (χ0) is 16.2. The minimum atomic E-state index is -3.69. The molecular weight excluding hydrogens is 306 g/mol. The summed E-state index contributed by atoms with van der Waals surface area (Å²) in [7, 11) is -0.975. The fraction of sp³-hybridized carbons (Fsp3) is 0.500. The number of sulfonamides is 1. The van der Waals surface area contributed by atoms with E-state index in [1.165, 1.54) is 26.3 Å². The standard InChI is InChI=1S/C14H21N3O4S/c1-15-22(19,20)13-10-11(4-5-12(13)21-2)14(18)17-8-3-6-16-7-9-17/h4-5,10,15-16H,3,6-9H2,1-2H3. The lowest BCUT2D eigenvalue weighted by Crippen LogP contribution is -2.34. The summed E-state index contributed by atoms with van der Waals surface area (Å²) in [6.07, 6.45) is 0.879. The Hall–Kier alpha value is -1.64. The molecule has 0 aliphatic carbocycles. The SMILES string of the molecule is CNS(=O)(=O)c1cc(C(=O)N2CCCNCC2)ccc1OC. The van der Waals surface area contributed by atoms with E-state index in [4.69, 9.17) is 4.74 Å². The number of ether oxygens (including phenoxy) is 1. The normalized spacial score (nSPS) is 16.2. The Balaban J connectivity index is 2.35. The lowest BCUT2D eigenvalue weighted by molar-refractivity contribution is 0.0766. The lowest BCUT2D eigenvalue weighted by atomic mass is 10.2. The van der Waals surface area contributed by atoms with Gasteiger partial charge in [-0.25, -0.2) is 13.1 Å². The molecule has 1 fully saturated rings. The minimum Gasteiger partial charge on any atom is -0.495 e. The maximum absolute atomic E-state index is 12.6. The van der Waals surface area contributed by atoms with Gasteiger partial charge >= 0.3 is 0 Å². The van der Waals surface area contributed by atoms with Crippen LogP contribution in [0.5, 0.6) is 5.75 Å². The average molecular weight is 327 g/mol. The molecular formula is C14H21N3O4S. The number of rotatable bonds is 4. The third kappa shape index (κ3) is 3.57. The molecule has 0 saturated carbocycles. The molecule has 1 saturated heterocycles. The summed E-state index contributed by atoms with van der Waals surface area (Å²) >= 11 is 0. The van der Waals surface area contributed by atoms with E-state index in [0.29, 0.717) is 18.7 Å². The summed E-state index contributed by atoms with van der Waals surface area (Å²) in [5.41, 5.74) is 0.344. The number of hydrogen-bond donors (Lipinski definition) is 2. The predicted molar refractivity (Wildman–Crippen MR) is 82.6 cm³/mol. The van der Waals surface area contributed by atoms with Gasteiger partial charge in [-0.3, -0.25) is 4.79 Å². The Morgan fingerprint density at radius 3 is 2.77 bits per heavy atom. The highest BCUT2D eigenvalue weighted by atomic mass is 32.2. The molecule has 1 aliphatic heterocycles. The Morgan fingerprint density at radius 2 is 2.09 bits per heavy atom. The van der Waals surface area contributed by atoms with Gasteiger partial charge in [-0.2, -0.15) is 0 Å². The molecule has 1 heterocycles. The number of hydrogen-bond acceptors (Lipinski definition) is 5. The number of carbonyl (C=O) groups excluding carboxylic acids is 1. The van der Waals surface area contributed by atoms with Crippen LogP contribution in [0, 0.1) is 0 Å². The number of benzene rings is 1. The topological polar surface area (TPSA) is 87.7 Å². The van der Waals surface area contributed by atoms with Crippen molar-refractivity contribution in [3.63, 3.8) is 0 Å². The molecule has 0 radical (unpaired) electrons. The van der Waals surface area contributed by atoms with Crippen molar-refractivity contribution >= 4 is 15.9 Å². The van der Waals surface area contributed by atoms with Crippen LogP contribution in [0.4, 0.5) is 0 Å². The van der Waals surface area contributed by atoms with Crippen LogP contribution in [0.1, 0.15) is 16.8 Å². The second-order valence-electron chi connectivity index (χ2n) is 4.97. The Labute approximate surface area is 130 Å². The molecule has 0 spiro atoms. The molecule has 1 amide bonds. The summed E-state index contributed by atoms with van der Waals surface area (Å²) in [5.74, 6) is 0.0438. The van der Waals surface area contributed by atoms with Crippen LogP contribution in [0.3, 0.4) is 0 Å². The van der Waals surface area contributed by atoms with E-state index < -0.39 is 10.0 Å². The van der Waals surface area contributed by atoms with Crippen molar-refractivity contribution in [1.29, 1.82) is 0 Å². The highest BCUT2D eigenvalue weighted by Gasteiger charge is 2.23. The second kappa shape index (κ2) is 7.08. The van der Waals surface area contributed by atoms with Crippen molar-refractivity contribution in [3.8, 4) is 5.75 Å². The first kappa shape index (κ1) is 16.7. The molecule has 1 aromatic rings. The molecule has 1 aromatic carbocycles. The molecule has 1 aliphatic rings. The van der Waals surface area contributed by atoms with Crippen LogP contribution in [0.2, 0.25) is 0 Å². The molecule has 7 nitrogen and oxygen atoms in total. The number of amides is 1. The minimum absolute atomic E-state index is 0.0312. The van der Waals surface area contributed by atoms with E-state index in [1.807, 2.05) is 0 Å². The van der Waals surface area contributed by atoms with Crippen LogP contribution in [0.15, 0.2) is 23.1 Å². The van der Waals surface area contributed by atoms with Gasteiger partial charge in [0.25, 0.3) is 5.91 Å². The molecule has 2 rings (SSSR count). The van der Waals surface area contributed by atoms with Gasteiger partial charge in [0.1, 0.15) is 10.6 Å². The smallest absolute Gasteiger partial charge is 0.253 e. The quantitative estimate of drug-likeness (QED) is 0.815. The van der Waals surface area contributed by atoms with E-state index in [0.717, 1.165) is 19.5 Å². The summed E-state index contributed by atoms with van der Waals surface area (Å²) in [6, 6.07) is 4.47. The first-order chi connectivity index (χ1) is 10.5. The monoisotopic (exact) mass is 327 g/mol. The van der Waals surface area contributed by atoms with Gasteiger partial charge in [-0.1, -0.05) is 0 Å². The molecule has 22 heavy (non-hydrogen) atoms. The molecule has 0 unspecified atom stereocenters. The highest BCUT2D eigenvalue weighted by molar-refractivity contribution is 7.89. The highest BCUT2D eigenvalue weighted by Crippen LogP contribution is 2.25. The van der Waals surface area contributed by atoms with E-state index in [1.54, 1.807) is 11.0 Å². The van der Waals surface area contributed by atoms with E-state index in [-0.39, 0.29) is 16.6 Å². The molecule has 0 atom stereocenters. The summed E-state index contributed by atoms with van der Waals surface area (Å²) in [4.78, 5) is 14.3. The van der Waals surface area contributed by atoms with Crippen LogP contribution in [0.25, 0.3) is 0 Å². The van der Waals surface area contributed by atoms with Crippen LogP contribution in [-0.4, -0.2) is 59.6 Å². The summed E-state index contributed by atoms with van der Waals surface area (Å²) in [6.45, 7) is 2.89. The van der Waals surface area contributed by atoms with Gasteiger partial charge in [0, 0.05) is 25.2 Å².